The van der Waals surface area contributed by atoms with Crippen LogP contribution in [0.2, 0.25) is 5.02 Å². The maximum absolute atomic E-state index is 6.19. The van der Waals surface area contributed by atoms with Crippen LogP contribution in [0.5, 0.6) is 11.5 Å². The van der Waals surface area contributed by atoms with Gasteiger partial charge in [-0.15, -0.1) is 11.3 Å². The molecule has 2 aromatic rings. The molecule has 2 rings (SSSR count). The molecule has 7 heteroatoms. The smallest absolute Gasteiger partial charge is 0.203 e. The van der Waals surface area contributed by atoms with Crippen LogP contribution >= 0.6 is 22.9 Å². The minimum atomic E-state index is 0.489. The summed E-state index contributed by atoms with van der Waals surface area (Å²) in [5, 5.41) is 7.32. The predicted octanol–water partition coefficient (Wildman–Crippen LogP) is 3.96. The highest BCUT2D eigenvalue weighted by Gasteiger charge is 2.10. The number of aryl methyl sites for hydroxylation is 1. The summed E-state index contributed by atoms with van der Waals surface area (Å²) in [5.41, 5.74) is 4.64. The lowest BCUT2D eigenvalue weighted by Crippen LogP contribution is -1.98. The Kier molecular flexibility index (Phi) is 5.41. The summed E-state index contributed by atoms with van der Waals surface area (Å²) in [6.07, 6.45) is 1.65. The van der Waals surface area contributed by atoms with E-state index < -0.39 is 0 Å². The minimum Gasteiger partial charge on any atom is -0.493 e. The molecule has 5 nitrogen and oxygen atoms in total. The van der Waals surface area contributed by atoms with Crippen molar-refractivity contribution in [1.82, 2.24) is 4.98 Å². The first-order chi connectivity index (χ1) is 10.1. The van der Waals surface area contributed by atoms with Crippen molar-refractivity contribution in [1.29, 1.82) is 0 Å². The van der Waals surface area contributed by atoms with Gasteiger partial charge in [0.05, 0.1) is 30.6 Å². The number of anilines is 1. The molecule has 0 amide bonds. The Labute approximate surface area is 132 Å². The number of benzene rings is 1. The highest BCUT2D eigenvalue weighted by atomic mass is 35.5. The van der Waals surface area contributed by atoms with Crippen molar-refractivity contribution < 1.29 is 9.47 Å². The van der Waals surface area contributed by atoms with E-state index in [1.165, 1.54) is 11.3 Å². The van der Waals surface area contributed by atoms with E-state index in [4.69, 9.17) is 21.1 Å². The average molecular weight is 326 g/mol. The molecular formula is C14H16ClN3O2S. The van der Waals surface area contributed by atoms with Gasteiger partial charge >= 0.3 is 0 Å². The second-order valence-electron chi connectivity index (χ2n) is 4.13. The molecule has 0 saturated heterocycles. The van der Waals surface area contributed by atoms with Crippen molar-refractivity contribution in [3.8, 4) is 11.5 Å². The molecule has 1 N–H and O–H groups in total. The summed E-state index contributed by atoms with van der Waals surface area (Å²) >= 11 is 7.69. The lowest BCUT2D eigenvalue weighted by atomic mass is 10.2. The van der Waals surface area contributed by atoms with Crippen molar-refractivity contribution in [2.24, 2.45) is 5.10 Å². The monoisotopic (exact) mass is 325 g/mol. The predicted molar refractivity (Wildman–Crippen MR) is 87.2 cm³/mol. The van der Waals surface area contributed by atoms with E-state index in [1.807, 2.05) is 25.3 Å². The van der Waals surface area contributed by atoms with Crippen LogP contribution in [0, 0.1) is 6.92 Å². The maximum atomic E-state index is 6.19. The molecule has 0 radical (unpaired) electrons. The molecule has 0 spiro atoms. The van der Waals surface area contributed by atoms with E-state index in [1.54, 1.807) is 19.4 Å². The molecule has 1 aromatic carbocycles. The number of nitrogens with zero attached hydrogens (tertiary/aromatic N) is 2. The van der Waals surface area contributed by atoms with E-state index in [2.05, 4.69) is 15.5 Å². The van der Waals surface area contributed by atoms with E-state index in [9.17, 15) is 0 Å². The minimum absolute atomic E-state index is 0.489. The summed E-state index contributed by atoms with van der Waals surface area (Å²) in [6, 6.07) is 3.59. The Hall–Kier alpha value is -1.79. The topological polar surface area (TPSA) is 55.7 Å². The fourth-order valence-electron chi connectivity index (χ4n) is 1.67. The van der Waals surface area contributed by atoms with E-state index in [0.717, 1.165) is 16.4 Å². The number of halogens is 1. The standard InChI is InChI=1S/C14H16ClN3O2S/c1-4-20-13-11(15)5-10(6-12(13)19-3)7-16-18-14-17-9(2)8-21-14/h5-8H,4H2,1-3H3,(H,17,18)/b16-7-. The molecular weight excluding hydrogens is 310 g/mol. The second kappa shape index (κ2) is 7.28. The molecule has 0 saturated carbocycles. The molecule has 1 aromatic heterocycles. The zero-order chi connectivity index (χ0) is 15.2. The van der Waals surface area contributed by atoms with Gasteiger partial charge in [-0.25, -0.2) is 4.98 Å². The van der Waals surface area contributed by atoms with Crippen LogP contribution in [0.4, 0.5) is 5.13 Å². The summed E-state index contributed by atoms with van der Waals surface area (Å²) in [5.74, 6) is 1.12. The molecule has 0 atom stereocenters. The van der Waals surface area contributed by atoms with E-state index in [-0.39, 0.29) is 0 Å². The van der Waals surface area contributed by atoms with Crippen molar-refractivity contribution in [2.75, 3.05) is 19.1 Å². The third kappa shape index (κ3) is 4.09. The van der Waals surface area contributed by atoms with Gasteiger partial charge < -0.3 is 9.47 Å². The van der Waals surface area contributed by atoms with Gasteiger partial charge in [-0.05, 0) is 31.5 Å². The molecule has 0 aliphatic carbocycles. The van der Waals surface area contributed by atoms with Crippen molar-refractivity contribution in [3.63, 3.8) is 0 Å². The van der Waals surface area contributed by atoms with Gasteiger partial charge in [0, 0.05) is 5.38 Å². The Bertz CT molecular complexity index is 643. The van der Waals surface area contributed by atoms with Crippen LogP contribution in [0.25, 0.3) is 0 Å². The third-order valence-electron chi connectivity index (χ3n) is 2.53. The van der Waals surface area contributed by atoms with Crippen LogP contribution in [0.1, 0.15) is 18.2 Å². The molecule has 1 heterocycles. The van der Waals surface area contributed by atoms with Gasteiger partial charge in [-0.3, -0.25) is 5.43 Å². The summed E-state index contributed by atoms with van der Waals surface area (Å²) in [7, 11) is 1.58. The summed E-state index contributed by atoms with van der Waals surface area (Å²) < 4.78 is 10.8. The van der Waals surface area contributed by atoms with Crippen molar-refractivity contribution in [2.45, 2.75) is 13.8 Å². The number of nitrogens with one attached hydrogen (secondary N) is 1. The first kappa shape index (κ1) is 15.6. The SMILES string of the molecule is CCOc1c(Cl)cc(/C=N\Nc2nc(C)cs2)cc1OC. The molecule has 0 fully saturated rings. The molecule has 0 bridgehead atoms. The van der Waals surface area contributed by atoms with Gasteiger partial charge in [0.1, 0.15) is 0 Å². The molecule has 0 unspecified atom stereocenters. The Morgan fingerprint density at radius 1 is 1.48 bits per heavy atom. The first-order valence-electron chi connectivity index (χ1n) is 6.35. The quantitative estimate of drug-likeness (QED) is 0.645. The van der Waals surface area contributed by atoms with Gasteiger partial charge in [0.15, 0.2) is 11.5 Å². The lowest BCUT2D eigenvalue weighted by Gasteiger charge is -2.11. The van der Waals surface area contributed by atoms with Gasteiger partial charge in [-0.2, -0.15) is 5.10 Å². The number of hydrazone groups is 1. The molecule has 0 aliphatic rings. The van der Waals surface area contributed by atoms with Gasteiger partial charge in [-0.1, -0.05) is 11.6 Å². The number of thiazole rings is 1. The summed E-state index contributed by atoms with van der Waals surface area (Å²) in [6.45, 7) is 4.35. The van der Waals surface area contributed by atoms with Crippen LogP contribution in [-0.2, 0) is 0 Å². The van der Waals surface area contributed by atoms with Crippen LogP contribution in [0.15, 0.2) is 22.6 Å². The highest BCUT2D eigenvalue weighted by Crippen LogP contribution is 2.35. The third-order valence-corrected chi connectivity index (χ3v) is 3.68. The Morgan fingerprint density at radius 3 is 2.90 bits per heavy atom. The fraction of sp³-hybridized carbons (Fsp3) is 0.286. The normalized spacial score (nSPS) is 10.9. The number of rotatable bonds is 6. The largest absolute Gasteiger partial charge is 0.493 e. The number of hydrogen-bond acceptors (Lipinski definition) is 6. The van der Waals surface area contributed by atoms with Crippen molar-refractivity contribution >= 4 is 34.3 Å². The number of methoxy groups -OCH3 is 1. The number of ether oxygens (including phenoxy) is 2. The van der Waals surface area contributed by atoms with Crippen LogP contribution in [0.3, 0.4) is 0 Å². The average Bonchev–Trinajstić information content (AvgIpc) is 2.87. The molecule has 21 heavy (non-hydrogen) atoms. The number of aromatic nitrogens is 1. The Balaban J connectivity index is 2.14. The second-order valence-corrected chi connectivity index (χ2v) is 5.40. The van der Waals surface area contributed by atoms with E-state index in [0.29, 0.717) is 23.1 Å². The lowest BCUT2D eigenvalue weighted by molar-refractivity contribution is 0.311. The maximum Gasteiger partial charge on any atom is 0.203 e. The highest BCUT2D eigenvalue weighted by molar-refractivity contribution is 7.13. The van der Waals surface area contributed by atoms with E-state index >= 15 is 0 Å². The van der Waals surface area contributed by atoms with Crippen LogP contribution in [-0.4, -0.2) is 24.9 Å². The number of hydrogen-bond donors (Lipinski definition) is 1. The van der Waals surface area contributed by atoms with Crippen LogP contribution < -0.4 is 14.9 Å². The fourth-order valence-corrected chi connectivity index (χ4v) is 2.58. The zero-order valence-electron chi connectivity index (χ0n) is 12.0. The van der Waals surface area contributed by atoms with Gasteiger partial charge in [0.25, 0.3) is 0 Å². The van der Waals surface area contributed by atoms with Gasteiger partial charge in [0.2, 0.25) is 5.13 Å². The Morgan fingerprint density at radius 2 is 2.29 bits per heavy atom. The zero-order valence-corrected chi connectivity index (χ0v) is 13.6. The summed E-state index contributed by atoms with van der Waals surface area (Å²) in [4.78, 5) is 4.25. The molecule has 0 aliphatic heterocycles. The first-order valence-corrected chi connectivity index (χ1v) is 7.61. The van der Waals surface area contributed by atoms with Crippen molar-refractivity contribution in [3.05, 3.63) is 33.8 Å². The molecule has 112 valence electrons.